The first-order valence-electron chi connectivity index (χ1n) is 7.06. The zero-order valence-electron chi connectivity index (χ0n) is 11.7. The van der Waals surface area contributed by atoms with Gasteiger partial charge < -0.3 is 10.2 Å². The zero-order chi connectivity index (χ0) is 12.0. The Bertz CT molecular complexity index is 183. The van der Waals surface area contributed by atoms with Gasteiger partial charge >= 0.3 is 0 Å². The molecule has 0 radical (unpaired) electrons. The maximum atomic E-state index is 3.71. The molecule has 1 rings (SSSR count). The van der Waals surface area contributed by atoms with Gasteiger partial charge in [-0.05, 0) is 50.7 Å². The molecule has 1 N–H and O–H groups in total. The first kappa shape index (κ1) is 14.0. The number of hydrogen-bond donors (Lipinski definition) is 1. The van der Waals surface area contributed by atoms with Gasteiger partial charge in [0.1, 0.15) is 0 Å². The molecule has 2 heteroatoms. The summed E-state index contributed by atoms with van der Waals surface area (Å²) in [6.07, 6.45) is 5.25. The zero-order valence-corrected chi connectivity index (χ0v) is 11.7. The number of nitrogens with zero attached hydrogens (tertiary/aromatic N) is 1. The summed E-state index contributed by atoms with van der Waals surface area (Å²) >= 11 is 0. The first-order valence-corrected chi connectivity index (χ1v) is 7.06. The second-order valence-electron chi connectivity index (χ2n) is 5.90. The molecule has 96 valence electrons. The van der Waals surface area contributed by atoms with Crippen LogP contribution in [-0.4, -0.2) is 37.1 Å². The van der Waals surface area contributed by atoms with Crippen LogP contribution in [-0.2, 0) is 0 Å². The summed E-state index contributed by atoms with van der Waals surface area (Å²) < 4.78 is 0. The van der Waals surface area contributed by atoms with Crippen LogP contribution < -0.4 is 5.32 Å². The third-order valence-electron chi connectivity index (χ3n) is 3.85. The molecule has 1 unspecified atom stereocenters. The van der Waals surface area contributed by atoms with E-state index in [1.54, 1.807) is 0 Å². The molecule has 16 heavy (non-hydrogen) atoms. The molecular weight excluding hydrogens is 196 g/mol. The fourth-order valence-electron chi connectivity index (χ4n) is 2.77. The van der Waals surface area contributed by atoms with Crippen molar-refractivity contribution in [2.24, 2.45) is 5.41 Å². The summed E-state index contributed by atoms with van der Waals surface area (Å²) in [7, 11) is 0. The quantitative estimate of drug-likeness (QED) is 0.749. The highest BCUT2D eigenvalue weighted by molar-refractivity contribution is 4.90. The third kappa shape index (κ3) is 4.06. The molecule has 1 aliphatic rings. The largest absolute Gasteiger partial charge is 0.312 e. The van der Waals surface area contributed by atoms with Crippen molar-refractivity contribution < 1.29 is 0 Å². The lowest BCUT2D eigenvalue weighted by Crippen LogP contribution is -2.53. The molecule has 0 aliphatic carbocycles. The highest BCUT2D eigenvalue weighted by atomic mass is 15.2. The number of hydrogen-bond acceptors (Lipinski definition) is 2. The molecule has 2 nitrogen and oxygen atoms in total. The van der Waals surface area contributed by atoms with E-state index in [4.69, 9.17) is 0 Å². The maximum Gasteiger partial charge on any atom is 0.0246 e. The minimum atomic E-state index is 0.470. The lowest BCUT2D eigenvalue weighted by Gasteiger charge is -2.42. The molecule has 1 saturated heterocycles. The number of nitrogens with one attached hydrogen (secondary N) is 1. The SMILES string of the molecule is CCCN(CCC)CC1NCCCC1(C)C. The van der Waals surface area contributed by atoms with Crippen molar-refractivity contribution in [2.45, 2.75) is 59.4 Å². The predicted octanol–water partition coefficient (Wildman–Crippen LogP) is 2.89. The fraction of sp³-hybridized carbons (Fsp3) is 1.00. The molecule has 0 saturated carbocycles. The second-order valence-corrected chi connectivity index (χ2v) is 5.90. The van der Waals surface area contributed by atoms with Crippen molar-refractivity contribution in [3.05, 3.63) is 0 Å². The van der Waals surface area contributed by atoms with Crippen molar-refractivity contribution in [1.82, 2.24) is 10.2 Å². The van der Waals surface area contributed by atoms with Gasteiger partial charge in [-0.3, -0.25) is 0 Å². The minimum absolute atomic E-state index is 0.470. The Kier molecular flexibility index (Phi) is 5.77. The Balaban J connectivity index is 2.47. The fourth-order valence-corrected chi connectivity index (χ4v) is 2.77. The Hall–Kier alpha value is -0.0800. The highest BCUT2D eigenvalue weighted by Crippen LogP contribution is 2.30. The summed E-state index contributed by atoms with van der Waals surface area (Å²) in [5.74, 6) is 0. The molecule has 0 aromatic heterocycles. The van der Waals surface area contributed by atoms with E-state index in [0.717, 1.165) is 0 Å². The summed E-state index contributed by atoms with van der Waals surface area (Å²) in [4.78, 5) is 2.63. The van der Waals surface area contributed by atoms with Crippen LogP contribution in [0.25, 0.3) is 0 Å². The van der Waals surface area contributed by atoms with E-state index in [1.807, 2.05) is 0 Å². The van der Waals surface area contributed by atoms with E-state index >= 15 is 0 Å². The summed E-state index contributed by atoms with van der Waals surface area (Å²) in [6, 6.07) is 0.680. The average Bonchev–Trinajstić information content (AvgIpc) is 2.22. The van der Waals surface area contributed by atoms with Gasteiger partial charge in [-0.25, -0.2) is 0 Å². The maximum absolute atomic E-state index is 3.71. The van der Waals surface area contributed by atoms with E-state index in [2.05, 4.69) is 37.9 Å². The molecule has 0 bridgehead atoms. The summed E-state index contributed by atoms with van der Waals surface area (Å²) in [5, 5.41) is 3.71. The Morgan fingerprint density at radius 3 is 2.31 bits per heavy atom. The van der Waals surface area contributed by atoms with Crippen LogP contribution in [0.1, 0.15) is 53.4 Å². The van der Waals surface area contributed by atoms with E-state index in [1.165, 1.54) is 51.9 Å². The molecule has 1 aliphatic heterocycles. The minimum Gasteiger partial charge on any atom is -0.312 e. The third-order valence-corrected chi connectivity index (χ3v) is 3.85. The van der Waals surface area contributed by atoms with Crippen molar-refractivity contribution >= 4 is 0 Å². The van der Waals surface area contributed by atoms with E-state index in [9.17, 15) is 0 Å². The summed E-state index contributed by atoms with van der Waals surface area (Å²) in [6.45, 7) is 14.3. The molecule has 1 fully saturated rings. The van der Waals surface area contributed by atoms with Gasteiger partial charge in [0.25, 0.3) is 0 Å². The predicted molar refractivity (Wildman–Crippen MR) is 71.8 cm³/mol. The van der Waals surface area contributed by atoms with Crippen LogP contribution in [0.3, 0.4) is 0 Å². The Labute approximate surface area is 102 Å². The lowest BCUT2D eigenvalue weighted by atomic mass is 9.77. The van der Waals surface area contributed by atoms with Gasteiger partial charge in [0, 0.05) is 12.6 Å². The van der Waals surface area contributed by atoms with Gasteiger partial charge in [-0.1, -0.05) is 27.7 Å². The van der Waals surface area contributed by atoms with E-state index in [-0.39, 0.29) is 0 Å². The molecule has 0 aromatic carbocycles. The van der Waals surface area contributed by atoms with Crippen molar-refractivity contribution in [1.29, 1.82) is 0 Å². The average molecular weight is 226 g/mol. The Morgan fingerprint density at radius 2 is 1.81 bits per heavy atom. The smallest absolute Gasteiger partial charge is 0.0246 e. The number of piperidine rings is 1. The monoisotopic (exact) mass is 226 g/mol. The second kappa shape index (κ2) is 6.61. The summed E-state index contributed by atoms with van der Waals surface area (Å²) in [5.41, 5.74) is 0.470. The van der Waals surface area contributed by atoms with Crippen molar-refractivity contribution in [3.63, 3.8) is 0 Å². The van der Waals surface area contributed by atoms with Gasteiger partial charge in [-0.15, -0.1) is 0 Å². The van der Waals surface area contributed by atoms with Crippen LogP contribution in [0, 0.1) is 5.41 Å². The van der Waals surface area contributed by atoms with Gasteiger partial charge in [-0.2, -0.15) is 0 Å². The van der Waals surface area contributed by atoms with Crippen molar-refractivity contribution in [3.8, 4) is 0 Å². The molecule has 0 aromatic rings. The van der Waals surface area contributed by atoms with Crippen LogP contribution >= 0.6 is 0 Å². The van der Waals surface area contributed by atoms with E-state index in [0.29, 0.717) is 11.5 Å². The normalized spacial score (nSPS) is 24.9. The first-order chi connectivity index (χ1) is 7.60. The number of rotatable bonds is 6. The molecule has 1 atom stereocenters. The standard InChI is InChI=1S/C14H30N2/c1-5-10-16(11-6-2)12-13-14(3,4)8-7-9-15-13/h13,15H,5-12H2,1-4H3. The van der Waals surface area contributed by atoms with Crippen LogP contribution in [0.4, 0.5) is 0 Å². The van der Waals surface area contributed by atoms with Crippen LogP contribution in [0.2, 0.25) is 0 Å². The highest BCUT2D eigenvalue weighted by Gasteiger charge is 2.32. The van der Waals surface area contributed by atoms with Gasteiger partial charge in [0.2, 0.25) is 0 Å². The lowest BCUT2D eigenvalue weighted by molar-refractivity contribution is 0.126. The molecular formula is C14H30N2. The van der Waals surface area contributed by atoms with Crippen molar-refractivity contribution in [2.75, 3.05) is 26.2 Å². The van der Waals surface area contributed by atoms with Gasteiger partial charge in [0.05, 0.1) is 0 Å². The molecule has 0 spiro atoms. The van der Waals surface area contributed by atoms with Crippen LogP contribution in [0.5, 0.6) is 0 Å². The molecule has 0 amide bonds. The van der Waals surface area contributed by atoms with E-state index < -0.39 is 0 Å². The Morgan fingerprint density at radius 1 is 1.19 bits per heavy atom. The molecule has 1 heterocycles. The topological polar surface area (TPSA) is 15.3 Å². The van der Waals surface area contributed by atoms with Gasteiger partial charge in [0.15, 0.2) is 0 Å². The van der Waals surface area contributed by atoms with Crippen LogP contribution in [0.15, 0.2) is 0 Å².